The molecule has 1 aromatic heterocycles. The van der Waals surface area contributed by atoms with E-state index in [0.29, 0.717) is 11.6 Å². The third kappa shape index (κ3) is 3.32. The van der Waals surface area contributed by atoms with Gasteiger partial charge in [0.2, 0.25) is 0 Å². The molecule has 31 heavy (non-hydrogen) atoms. The maximum absolute atomic E-state index is 9.92. The molecule has 0 bridgehead atoms. The van der Waals surface area contributed by atoms with Gasteiger partial charge in [-0.1, -0.05) is 66.2 Å². The summed E-state index contributed by atoms with van der Waals surface area (Å²) < 4.78 is 17.5. The minimum atomic E-state index is -0.595. The number of ether oxygens (including phenoxy) is 3. The number of aliphatic hydroxyl groups is 1. The summed E-state index contributed by atoms with van der Waals surface area (Å²) in [5.41, 5.74) is 5.66. The van der Waals surface area contributed by atoms with Gasteiger partial charge in [0.15, 0.2) is 6.23 Å². The zero-order valence-electron chi connectivity index (χ0n) is 16.6. The molecule has 5 atom stereocenters. The predicted octanol–water partition coefficient (Wildman–Crippen LogP) is 4.04. The summed E-state index contributed by atoms with van der Waals surface area (Å²) in [5, 5.41) is 13.8. The first kappa shape index (κ1) is 19.2. The average Bonchev–Trinajstić information content (AvgIpc) is 3.36. The van der Waals surface area contributed by atoms with E-state index in [1.165, 1.54) is 5.56 Å². The topological polar surface area (TPSA) is 72.8 Å². The smallest absolute Gasteiger partial charge is 0.173 e. The van der Waals surface area contributed by atoms with E-state index in [1.54, 1.807) is 0 Å². The molecular formula is C24H21ClN2O4. The van der Waals surface area contributed by atoms with Crippen molar-refractivity contribution in [3.63, 3.8) is 0 Å². The lowest BCUT2D eigenvalue weighted by Gasteiger charge is -2.34. The van der Waals surface area contributed by atoms with Gasteiger partial charge in [-0.3, -0.25) is 0 Å². The van der Waals surface area contributed by atoms with E-state index in [-0.39, 0.29) is 31.1 Å². The number of halogens is 1. The zero-order chi connectivity index (χ0) is 20.9. The minimum Gasteiger partial charge on any atom is -0.388 e. The Bertz CT molecular complexity index is 1110. The molecule has 0 aliphatic carbocycles. The van der Waals surface area contributed by atoms with Crippen molar-refractivity contribution in [2.45, 2.75) is 30.6 Å². The molecule has 2 unspecified atom stereocenters. The highest BCUT2D eigenvalue weighted by molar-refractivity contribution is 6.33. The molecule has 2 fully saturated rings. The summed E-state index contributed by atoms with van der Waals surface area (Å²) in [6.07, 6.45) is -1.77. The van der Waals surface area contributed by atoms with Gasteiger partial charge in [0.05, 0.1) is 29.6 Å². The van der Waals surface area contributed by atoms with Crippen LogP contribution in [0, 0.1) is 0 Å². The SMILES string of the molecule is O[C@@H]1CO[C@H]2C1OC[C@H]2OC1Nc2cc(Cl)c(-c3ccc(-c4ccccc4)cc3)nc21. The average molecular weight is 437 g/mol. The molecule has 0 spiro atoms. The Morgan fingerprint density at radius 1 is 0.935 bits per heavy atom. The van der Waals surface area contributed by atoms with E-state index in [9.17, 15) is 5.11 Å². The van der Waals surface area contributed by atoms with E-state index < -0.39 is 6.10 Å². The van der Waals surface area contributed by atoms with Gasteiger partial charge in [-0.2, -0.15) is 0 Å². The summed E-state index contributed by atoms with van der Waals surface area (Å²) in [5.74, 6) is 0. The number of benzene rings is 2. The number of pyridine rings is 1. The molecule has 2 aromatic carbocycles. The number of fused-ring (bicyclic) bond motifs is 2. The number of hydrogen-bond donors (Lipinski definition) is 2. The van der Waals surface area contributed by atoms with Crippen LogP contribution in [0.4, 0.5) is 5.69 Å². The Kier molecular flexibility index (Phi) is 4.70. The normalized spacial score (nSPS) is 28.5. The molecule has 3 aliphatic heterocycles. The number of hydrogen-bond acceptors (Lipinski definition) is 6. The predicted molar refractivity (Wildman–Crippen MR) is 117 cm³/mol. The van der Waals surface area contributed by atoms with Crippen LogP contribution in [0.1, 0.15) is 11.9 Å². The van der Waals surface area contributed by atoms with E-state index >= 15 is 0 Å². The van der Waals surface area contributed by atoms with Gasteiger partial charge in [-0.15, -0.1) is 0 Å². The standard InChI is InChI=1S/C24H21ClN2O4/c25-16-10-17-21(24(26-17)31-19-12-30-22-18(28)11-29-23(19)22)27-20(16)15-8-6-14(7-9-15)13-4-2-1-3-5-13/h1-10,18-19,22-24,26,28H,11-12H2/t18-,19-,22?,23-,24?/m1/s1. The van der Waals surface area contributed by atoms with Gasteiger partial charge in [0, 0.05) is 5.56 Å². The molecule has 2 N–H and O–H groups in total. The molecule has 2 saturated heterocycles. The number of anilines is 1. The molecule has 0 saturated carbocycles. The second-order valence-electron chi connectivity index (χ2n) is 8.06. The van der Waals surface area contributed by atoms with Gasteiger partial charge in [0.25, 0.3) is 0 Å². The third-order valence-electron chi connectivity index (χ3n) is 6.10. The highest BCUT2D eigenvalue weighted by Gasteiger charge is 2.49. The largest absolute Gasteiger partial charge is 0.388 e. The summed E-state index contributed by atoms with van der Waals surface area (Å²) in [6, 6.07) is 20.3. The number of rotatable bonds is 4. The monoisotopic (exact) mass is 436 g/mol. The van der Waals surface area contributed by atoms with Crippen molar-refractivity contribution < 1.29 is 19.3 Å². The fourth-order valence-corrected chi connectivity index (χ4v) is 4.70. The molecule has 3 aromatic rings. The maximum atomic E-state index is 9.92. The number of aromatic nitrogens is 1. The Labute approximate surface area is 184 Å². The van der Waals surface area contributed by atoms with Crippen molar-refractivity contribution in [2.24, 2.45) is 0 Å². The van der Waals surface area contributed by atoms with Gasteiger partial charge >= 0.3 is 0 Å². The van der Waals surface area contributed by atoms with Crippen LogP contribution < -0.4 is 5.32 Å². The van der Waals surface area contributed by atoms with Crippen LogP contribution in [0.25, 0.3) is 22.4 Å². The maximum Gasteiger partial charge on any atom is 0.173 e. The fourth-order valence-electron chi connectivity index (χ4n) is 4.44. The molecule has 4 heterocycles. The summed E-state index contributed by atoms with van der Waals surface area (Å²) in [4.78, 5) is 4.81. The van der Waals surface area contributed by atoms with Crippen LogP contribution in [0.2, 0.25) is 5.02 Å². The Morgan fingerprint density at radius 3 is 2.45 bits per heavy atom. The van der Waals surface area contributed by atoms with E-state index in [1.807, 2.05) is 36.4 Å². The quantitative estimate of drug-likeness (QED) is 0.643. The molecular weight excluding hydrogens is 416 g/mol. The first-order chi connectivity index (χ1) is 15.2. The van der Waals surface area contributed by atoms with Gasteiger partial charge < -0.3 is 24.6 Å². The lowest BCUT2D eigenvalue weighted by Crippen LogP contribution is -2.37. The second kappa shape index (κ2) is 7.58. The molecule has 7 heteroatoms. The van der Waals surface area contributed by atoms with Crippen LogP contribution in [0.3, 0.4) is 0 Å². The first-order valence-corrected chi connectivity index (χ1v) is 10.7. The van der Waals surface area contributed by atoms with Crippen molar-refractivity contribution in [2.75, 3.05) is 18.5 Å². The first-order valence-electron chi connectivity index (χ1n) is 10.4. The number of aliphatic hydroxyl groups excluding tert-OH is 1. The molecule has 6 rings (SSSR count). The van der Waals surface area contributed by atoms with E-state index in [0.717, 1.165) is 28.2 Å². The highest BCUT2D eigenvalue weighted by Crippen LogP contribution is 2.42. The number of nitrogens with one attached hydrogen (secondary N) is 1. The lowest BCUT2D eigenvalue weighted by atomic mass is 10.0. The lowest BCUT2D eigenvalue weighted by molar-refractivity contribution is -0.0703. The number of nitrogens with zero attached hydrogens (tertiary/aromatic N) is 1. The third-order valence-corrected chi connectivity index (χ3v) is 6.39. The van der Waals surface area contributed by atoms with E-state index in [4.69, 9.17) is 30.8 Å². The van der Waals surface area contributed by atoms with Crippen LogP contribution in [0.15, 0.2) is 60.7 Å². The summed E-state index contributed by atoms with van der Waals surface area (Å²) in [7, 11) is 0. The Morgan fingerprint density at radius 2 is 1.65 bits per heavy atom. The van der Waals surface area contributed by atoms with Crippen LogP contribution in [0.5, 0.6) is 0 Å². The minimum absolute atomic E-state index is 0.251. The summed E-state index contributed by atoms with van der Waals surface area (Å²) in [6.45, 7) is 0.669. The van der Waals surface area contributed by atoms with Gasteiger partial charge in [-0.05, 0) is 17.2 Å². The van der Waals surface area contributed by atoms with Gasteiger partial charge in [0.1, 0.15) is 30.1 Å². The summed E-state index contributed by atoms with van der Waals surface area (Å²) >= 11 is 6.52. The van der Waals surface area contributed by atoms with Crippen molar-refractivity contribution in [3.05, 3.63) is 71.4 Å². The zero-order valence-corrected chi connectivity index (χ0v) is 17.3. The molecule has 158 valence electrons. The second-order valence-corrected chi connectivity index (χ2v) is 8.46. The Hall–Kier alpha value is -2.48. The van der Waals surface area contributed by atoms with Crippen LogP contribution >= 0.6 is 11.6 Å². The van der Waals surface area contributed by atoms with Crippen LogP contribution in [-0.4, -0.2) is 47.7 Å². The van der Waals surface area contributed by atoms with Crippen LogP contribution in [-0.2, 0) is 14.2 Å². The Balaban J connectivity index is 1.23. The van der Waals surface area contributed by atoms with E-state index in [2.05, 4.69) is 29.6 Å². The molecule has 6 nitrogen and oxygen atoms in total. The van der Waals surface area contributed by atoms with Crippen molar-refractivity contribution in [1.29, 1.82) is 0 Å². The van der Waals surface area contributed by atoms with Gasteiger partial charge in [-0.25, -0.2) is 4.98 Å². The molecule has 0 radical (unpaired) electrons. The fraction of sp³-hybridized carbons (Fsp3) is 0.292. The van der Waals surface area contributed by atoms with Crippen molar-refractivity contribution in [1.82, 2.24) is 4.98 Å². The highest BCUT2D eigenvalue weighted by atomic mass is 35.5. The van der Waals surface area contributed by atoms with Crippen molar-refractivity contribution >= 4 is 17.3 Å². The molecule has 0 amide bonds. The van der Waals surface area contributed by atoms with Crippen molar-refractivity contribution in [3.8, 4) is 22.4 Å². The molecule has 3 aliphatic rings.